The average Bonchev–Trinajstić information content (AvgIpc) is 2.56. The lowest BCUT2D eigenvalue weighted by Crippen LogP contribution is -2.47. The van der Waals surface area contributed by atoms with Crippen LogP contribution in [0.25, 0.3) is 0 Å². The molecular formula is C15H16BrClN4. The molecule has 1 fully saturated rings. The number of piperazine rings is 1. The monoisotopic (exact) mass is 366 g/mol. The number of alkyl halides is 1. The molecule has 21 heavy (non-hydrogen) atoms. The lowest BCUT2D eigenvalue weighted by atomic mass is 10.1. The molecular weight excluding hydrogens is 352 g/mol. The van der Waals surface area contributed by atoms with Crippen LogP contribution in [0.4, 0.5) is 11.6 Å². The summed E-state index contributed by atoms with van der Waals surface area (Å²) in [4.78, 5) is 13.2. The number of halogens is 2. The van der Waals surface area contributed by atoms with Gasteiger partial charge >= 0.3 is 0 Å². The second-order valence-corrected chi connectivity index (χ2v) is 5.93. The zero-order chi connectivity index (χ0) is 14.7. The Balaban J connectivity index is 1.73. The molecule has 1 saturated heterocycles. The van der Waals surface area contributed by atoms with Gasteiger partial charge in [-0.2, -0.15) is 0 Å². The summed E-state index contributed by atoms with van der Waals surface area (Å²) >= 11 is 9.69. The molecule has 0 amide bonds. The molecule has 1 aliphatic heterocycles. The molecule has 0 aliphatic carbocycles. The highest BCUT2D eigenvalue weighted by Gasteiger charge is 2.20. The maximum atomic E-state index is 6.15. The van der Waals surface area contributed by atoms with E-state index >= 15 is 0 Å². The SMILES string of the molecule is Clc1ccc(CBr)c(N2CCN(c3ncccn3)CC2)c1. The van der Waals surface area contributed by atoms with Gasteiger partial charge in [-0.25, -0.2) is 9.97 Å². The van der Waals surface area contributed by atoms with Crippen molar-refractivity contribution in [1.82, 2.24) is 9.97 Å². The Bertz CT molecular complexity index is 600. The molecule has 1 aromatic heterocycles. The van der Waals surface area contributed by atoms with Crippen molar-refractivity contribution in [2.45, 2.75) is 5.33 Å². The van der Waals surface area contributed by atoms with E-state index in [0.717, 1.165) is 42.5 Å². The minimum Gasteiger partial charge on any atom is -0.368 e. The molecule has 2 aromatic rings. The highest BCUT2D eigenvalue weighted by molar-refractivity contribution is 9.08. The maximum absolute atomic E-state index is 6.15. The van der Waals surface area contributed by atoms with Gasteiger partial charge in [-0.3, -0.25) is 0 Å². The fraction of sp³-hybridized carbons (Fsp3) is 0.333. The van der Waals surface area contributed by atoms with E-state index < -0.39 is 0 Å². The van der Waals surface area contributed by atoms with Crippen LogP contribution in [0.1, 0.15) is 5.56 Å². The molecule has 1 aliphatic rings. The van der Waals surface area contributed by atoms with Gasteiger partial charge in [-0.05, 0) is 23.8 Å². The standard InChI is InChI=1S/C15H16BrClN4/c16-11-12-2-3-13(17)10-14(12)20-6-8-21(9-7-20)15-18-4-1-5-19-15/h1-5,10H,6-9,11H2. The van der Waals surface area contributed by atoms with Crippen LogP contribution in [0.2, 0.25) is 5.02 Å². The topological polar surface area (TPSA) is 32.3 Å². The number of hydrogen-bond acceptors (Lipinski definition) is 4. The first kappa shape index (κ1) is 14.6. The summed E-state index contributed by atoms with van der Waals surface area (Å²) in [5.41, 5.74) is 2.48. The second-order valence-electron chi connectivity index (χ2n) is 4.93. The quantitative estimate of drug-likeness (QED) is 0.779. The van der Waals surface area contributed by atoms with E-state index in [9.17, 15) is 0 Å². The van der Waals surface area contributed by atoms with E-state index in [0.29, 0.717) is 0 Å². The van der Waals surface area contributed by atoms with Crippen LogP contribution in [0.3, 0.4) is 0 Å². The van der Waals surface area contributed by atoms with Gasteiger partial charge in [0.05, 0.1) is 0 Å². The van der Waals surface area contributed by atoms with Crippen LogP contribution in [0.15, 0.2) is 36.7 Å². The van der Waals surface area contributed by atoms with Crippen molar-refractivity contribution in [1.29, 1.82) is 0 Å². The number of anilines is 2. The summed E-state index contributed by atoms with van der Waals surface area (Å²) in [6.45, 7) is 3.72. The Kier molecular flexibility index (Phi) is 4.60. The first-order chi connectivity index (χ1) is 10.3. The molecule has 0 atom stereocenters. The predicted molar refractivity (Wildman–Crippen MR) is 90.5 cm³/mol. The summed E-state index contributed by atoms with van der Waals surface area (Å²) in [6.07, 6.45) is 3.57. The van der Waals surface area contributed by atoms with Crippen LogP contribution >= 0.6 is 27.5 Å². The van der Waals surface area contributed by atoms with E-state index in [1.54, 1.807) is 12.4 Å². The van der Waals surface area contributed by atoms with Crippen molar-refractivity contribution in [3.05, 3.63) is 47.2 Å². The number of nitrogens with zero attached hydrogens (tertiary/aromatic N) is 4. The van der Waals surface area contributed by atoms with Gasteiger partial charge in [0.15, 0.2) is 0 Å². The zero-order valence-corrected chi connectivity index (χ0v) is 13.9. The van der Waals surface area contributed by atoms with Gasteiger partial charge in [0.25, 0.3) is 0 Å². The first-order valence-electron chi connectivity index (χ1n) is 6.89. The summed E-state index contributed by atoms with van der Waals surface area (Å²) in [7, 11) is 0. The highest BCUT2D eigenvalue weighted by Crippen LogP contribution is 2.28. The van der Waals surface area contributed by atoms with Crippen molar-refractivity contribution >= 4 is 39.2 Å². The predicted octanol–water partition coefficient (Wildman–Crippen LogP) is 3.35. The Labute approximate surface area is 137 Å². The van der Waals surface area contributed by atoms with E-state index in [1.807, 2.05) is 18.2 Å². The summed E-state index contributed by atoms with van der Waals surface area (Å²) in [5, 5.41) is 1.62. The summed E-state index contributed by atoms with van der Waals surface area (Å²) in [6, 6.07) is 7.91. The molecule has 110 valence electrons. The van der Waals surface area contributed by atoms with Crippen LogP contribution in [0.5, 0.6) is 0 Å². The maximum Gasteiger partial charge on any atom is 0.225 e. The fourth-order valence-corrected chi connectivity index (χ4v) is 3.19. The molecule has 0 bridgehead atoms. The third-order valence-corrected chi connectivity index (χ3v) is 4.49. The smallest absolute Gasteiger partial charge is 0.225 e. The van der Waals surface area contributed by atoms with E-state index in [-0.39, 0.29) is 0 Å². The van der Waals surface area contributed by atoms with Gasteiger partial charge in [0, 0.05) is 54.6 Å². The van der Waals surface area contributed by atoms with Crippen molar-refractivity contribution in [2.24, 2.45) is 0 Å². The second kappa shape index (κ2) is 6.62. The third kappa shape index (κ3) is 3.30. The number of aromatic nitrogens is 2. The van der Waals surface area contributed by atoms with Crippen molar-refractivity contribution in [2.75, 3.05) is 36.0 Å². The Hall–Kier alpha value is -1.33. The Morgan fingerprint density at radius 2 is 1.71 bits per heavy atom. The summed E-state index contributed by atoms with van der Waals surface area (Å²) in [5.74, 6) is 0.809. The van der Waals surface area contributed by atoms with Gasteiger partial charge in [0.1, 0.15) is 0 Å². The van der Waals surface area contributed by atoms with Crippen molar-refractivity contribution in [3.8, 4) is 0 Å². The van der Waals surface area contributed by atoms with Gasteiger partial charge in [-0.1, -0.05) is 33.6 Å². The molecule has 6 heteroatoms. The van der Waals surface area contributed by atoms with Gasteiger partial charge < -0.3 is 9.80 Å². The van der Waals surface area contributed by atoms with Crippen LogP contribution in [-0.2, 0) is 5.33 Å². The molecule has 4 nitrogen and oxygen atoms in total. The highest BCUT2D eigenvalue weighted by atomic mass is 79.9. The minimum absolute atomic E-state index is 0.781. The molecule has 0 spiro atoms. The number of hydrogen-bond donors (Lipinski definition) is 0. The first-order valence-corrected chi connectivity index (χ1v) is 8.39. The van der Waals surface area contributed by atoms with Crippen LogP contribution in [-0.4, -0.2) is 36.1 Å². The molecule has 0 saturated carbocycles. The number of benzene rings is 1. The Morgan fingerprint density at radius 1 is 1.05 bits per heavy atom. The zero-order valence-electron chi connectivity index (χ0n) is 11.5. The van der Waals surface area contributed by atoms with Crippen molar-refractivity contribution in [3.63, 3.8) is 0 Å². The third-order valence-electron chi connectivity index (χ3n) is 3.65. The number of rotatable bonds is 3. The molecule has 0 radical (unpaired) electrons. The summed E-state index contributed by atoms with van der Waals surface area (Å²) < 4.78 is 0. The molecule has 3 rings (SSSR count). The minimum atomic E-state index is 0.781. The van der Waals surface area contributed by atoms with Crippen molar-refractivity contribution < 1.29 is 0 Å². The Morgan fingerprint density at radius 3 is 2.38 bits per heavy atom. The molecule has 0 unspecified atom stereocenters. The normalized spacial score (nSPS) is 15.3. The van der Waals surface area contributed by atoms with Gasteiger partial charge in [0.2, 0.25) is 5.95 Å². The molecule has 1 aromatic carbocycles. The molecule has 2 heterocycles. The van der Waals surface area contributed by atoms with Crippen LogP contribution in [0, 0.1) is 0 Å². The van der Waals surface area contributed by atoms with E-state index in [2.05, 4.69) is 41.8 Å². The molecule has 0 N–H and O–H groups in total. The van der Waals surface area contributed by atoms with E-state index in [4.69, 9.17) is 11.6 Å². The van der Waals surface area contributed by atoms with Gasteiger partial charge in [-0.15, -0.1) is 0 Å². The fourth-order valence-electron chi connectivity index (χ4n) is 2.55. The largest absolute Gasteiger partial charge is 0.368 e. The average molecular weight is 368 g/mol. The van der Waals surface area contributed by atoms with Crippen LogP contribution < -0.4 is 9.80 Å². The lowest BCUT2D eigenvalue weighted by molar-refractivity contribution is 0.639. The van der Waals surface area contributed by atoms with E-state index in [1.165, 1.54) is 11.3 Å². The lowest BCUT2D eigenvalue weighted by Gasteiger charge is -2.37.